The van der Waals surface area contributed by atoms with E-state index < -0.39 is 0 Å². The molecule has 0 bridgehead atoms. The van der Waals surface area contributed by atoms with Crippen molar-refractivity contribution in [3.05, 3.63) is 6.07 Å². The lowest BCUT2D eigenvalue weighted by Gasteiger charge is -2.11. The Balaban J connectivity index is 2.77. The Morgan fingerprint density at radius 1 is 1.38 bits per heavy atom. The van der Waals surface area contributed by atoms with Gasteiger partial charge in [-0.05, 0) is 6.42 Å². The van der Waals surface area contributed by atoms with Crippen LogP contribution in [-0.4, -0.2) is 16.1 Å². The lowest BCUT2D eigenvalue weighted by Crippen LogP contribution is -2.29. The highest BCUT2D eigenvalue weighted by atomic mass is 15.2. The molecule has 0 saturated carbocycles. The topological polar surface area (TPSA) is 116 Å². The minimum atomic E-state index is -0.179. The van der Waals surface area contributed by atoms with E-state index in [-0.39, 0.29) is 6.17 Å². The summed E-state index contributed by atoms with van der Waals surface area (Å²) >= 11 is 0. The fraction of sp³-hybridized carbons (Fsp3) is 0.429. The van der Waals surface area contributed by atoms with E-state index in [2.05, 4.69) is 15.3 Å². The van der Waals surface area contributed by atoms with Gasteiger partial charge >= 0.3 is 0 Å². The average molecular weight is 182 g/mol. The van der Waals surface area contributed by atoms with Crippen molar-refractivity contribution in [2.24, 2.45) is 5.73 Å². The average Bonchev–Trinajstić information content (AvgIpc) is 2.02. The van der Waals surface area contributed by atoms with Crippen LogP contribution in [0.2, 0.25) is 0 Å². The van der Waals surface area contributed by atoms with Crippen molar-refractivity contribution in [2.75, 3.05) is 16.8 Å². The molecule has 1 rings (SSSR count). The first-order chi connectivity index (χ1) is 6.11. The Hall–Kier alpha value is -1.56. The predicted molar refractivity (Wildman–Crippen MR) is 52.7 cm³/mol. The van der Waals surface area contributed by atoms with Gasteiger partial charge in [-0.15, -0.1) is 0 Å². The summed E-state index contributed by atoms with van der Waals surface area (Å²) in [7, 11) is 0. The van der Waals surface area contributed by atoms with Crippen LogP contribution in [0.15, 0.2) is 6.07 Å². The van der Waals surface area contributed by atoms with E-state index in [4.69, 9.17) is 17.2 Å². The van der Waals surface area contributed by atoms with Crippen molar-refractivity contribution >= 4 is 17.6 Å². The Morgan fingerprint density at radius 3 is 2.38 bits per heavy atom. The molecule has 0 amide bonds. The molecular formula is C7H14N6. The van der Waals surface area contributed by atoms with Gasteiger partial charge in [-0.3, -0.25) is 0 Å². The number of aromatic nitrogens is 2. The Morgan fingerprint density at radius 2 is 1.92 bits per heavy atom. The molecule has 0 aromatic carbocycles. The minimum absolute atomic E-state index is 0.179. The third-order valence-electron chi connectivity index (χ3n) is 1.52. The van der Waals surface area contributed by atoms with E-state index in [9.17, 15) is 0 Å². The number of nitrogens with zero attached hydrogens (tertiary/aromatic N) is 2. The molecule has 0 aliphatic rings. The molecule has 0 radical (unpaired) electrons. The lowest BCUT2D eigenvalue weighted by atomic mass is 10.4. The van der Waals surface area contributed by atoms with E-state index >= 15 is 0 Å². The van der Waals surface area contributed by atoms with E-state index in [0.29, 0.717) is 17.6 Å². The molecule has 0 saturated heterocycles. The van der Waals surface area contributed by atoms with Gasteiger partial charge in [-0.2, -0.15) is 9.97 Å². The highest BCUT2D eigenvalue weighted by molar-refractivity contribution is 5.47. The number of nitrogens with one attached hydrogen (secondary N) is 1. The molecule has 0 aliphatic heterocycles. The highest BCUT2D eigenvalue weighted by Gasteiger charge is 2.03. The number of nitrogen functional groups attached to an aromatic ring is 2. The van der Waals surface area contributed by atoms with Crippen LogP contribution in [0, 0.1) is 0 Å². The van der Waals surface area contributed by atoms with Crippen LogP contribution < -0.4 is 22.5 Å². The molecule has 72 valence electrons. The summed E-state index contributed by atoms with van der Waals surface area (Å²) in [5.41, 5.74) is 16.6. The number of anilines is 3. The summed E-state index contributed by atoms with van der Waals surface area (Å²) in [4.78, 5) is 7.83. The van der Waals surface area contributed by atoms with E-state index in [1.165, 1.54) is 6.07 Å². The van der Waals surface area contributed by atoms with Gasteiger partial charge in [0.15, 0.2) is 0 Å². The third-order valence-corrected chi connectivity index (χ3v) is 1.52. The molecule has 1 unspecified atom stereocenters. The zero-order valence-electron chi connectivity index (χ0n) is 7.49. The molecule has 0 spiro atoms. The second-order valence-corrected chi connectivity index (χ2v) is 2.70. The van der Waals surface area contributed by atoms with Crippen LogP contribution in [0.5, 0.6) is 0 Å². The van der Waals surface area contributed by atoms with Crippen molar-refractivity contribution in [1.29, 1.82) is 0 Å². The van der Waals surface area contributed by atoms with Crippen molar-refractivity contribution in [3.63, 3.8) is 0 Å². The maximum absolute atomic E-state index is 5.63. The van der Waals surface area contributed by atoms with Crippen molar-refractivity contribution in [1.82, 2.24) is 9.97 Å². The van der Waals surface area contributed by atoms with Crippen molar-refractivity contribution in [3.8, 4) is 0 Å². The van der Waals surface area contributed by atoms with E-state index in [1.54, 1.807) is 0 Å². The Kier molecular flexibility index (Phi) is 2.86. The number of rotatable bonds is 3. The molecule has 1 atom stereocenters. The van der Waals surface area contributed by atoms with Gasteiger partial charge in [-0.1, -0.05) is 6.92 Å². The molecule has 13 heavy (non-hydrogen) atoms. The second kappa shape index (κ2) is 3.90. The lowest BCUT2D eigenvalue weighted by molar-refractivity contribution is 0.721. The number of hydrogen-bond acceptors (Lipinski definition) is 6. The molecule has 0 aliphatic carbocycles. The second-order valence-electron chi connectivity index (χ2n) is 2.70. The third kappa shape index (κ3) is 2.75. The highest BCUT2D eigenvalue weighted by Crippen LogP contribution is 2.08. The van der Waals surface area contributed by atoms with Gasteiger partial charge in [0, 0.05) is 6.07 Å². The standard InChI is InChI=1S/C7H14N6/c1-2-4(8)11-7-12-5(9)3-6(10)13-7/h3-4H,2,8H2,1H3,(H5,9,10,11,12,13). The van der Waals surface area contributed by atoms with Crippen LogP contribution in [0.25, 0.3) is 0 Å². The Bertz CT molecular complexity index is 266. The molecule has 1 heterocycles. The quantitative estimate of drug-likeness (QED) is 0.479. The van der Waals surface area contributed by atoms with Gasteiger partial charge in [0.1, 0.15) is 11.6 Å². The van der Waals surface area contributed by atoms with Gasteiger partial charge < -0.3 is 22.5 Å². The van der Waals surface area contributed by atoms with E-state index in [1.807, 2.05) is 6.92 Å². The maximum atomic E-state index is 5.63. The van der Waals surface area contributed by atoms with Crippen LogP contribution in [-0.2, 0) is 0 Å². The monoisotopic (exact) mass is 182 g/mol. The van der Waals surface area contributed by atoms with Gasteiger partial charge in [0.05, 0.1) is 6.17 Å². The minimum Gasteiger partial charge on any atom is -0.383 e. The Labute approximate surface area is 76.5 Å². The zero-order chi connectivity index (χ0) is 9.84. The van der Waals surface area contributed by atoms with Gasteiger partial charge in [0.2, 0.25) is 5.95 Å². The van der Waals surface area contributed by atoms with Crippen LogP contribution in [0.4, 0.5) is 17.6 Å². The SMILES string of the molecule is CCC(N)Nc1nc(N)cc(N)n1. The molecule has 6 nitrogen and oxygen atoms in total. The van der Waals surface area contributed by atoms with Crippen LogP contribution in [0.3, 0.4) is 0 Å². The molecule has 0 fully saturated rings. The van der Waals surface area contributed by atoms with Crippen molar-refractivity contribution in [2.45, 2.75) is 19.5 Å². The van der Waals surface area contributed by atoms with Crippen LogP contribution >= 0.6 is 0 Å². The maximum Gasteiger partial charge on any atom is 0.227 e. The number of hydrogen-bond donors (Lipinski definition) is 4. The molecule has 1 aromatic heterocycles. The van der Waals surface area contributed by atoms with Gasteiger partial charge in [0.25, 0.3) is 0 Å². The summed E-state index contributed by atoms with van der Waals surface area (Å²) in [6.45, 7) is 1.95. The summed E-state index contributed by atoms with van der Waals surface area (Å²) in [6.07, 6.45) is 0.596. The number of nitrogens with two attached hydrogens (primary N) is 3. The summed E-state index contributed by atoms with van der Waals surface area (Å²) in [6, 6.07) is 1.49. The first kappa shape index (κ1) is 9.53. The fourth-order valence-electron chi connectivity index (χ4n) is 0.818. The van der Waals surface area contributed by atoms with Crippen molar-refractivity contribution < 1.29 is 0 Å². The normalized spacial score (nSPS) is 12.5. The van der Waals surface area contributed by atoms with Gasteiger partial charge in [-0.25, -0.2) is 0 Å². The fourth-order valence-corrected chi connectivity index (χ4v) is 0.818. The summed E-state index contributed by atoms with van der Waals surface area (Å²) < 4.78 is 0. The molecule has 6 heteroatoms. The largest absolute Gasteiger partial charge is 0.383 e. The first-order valence-electron chi connectivity index (χ1n) is 4.04. The first-order valence-corrected chi connectivity index (χ1v) is 4.04. The molecular weight excluding hydrogens is 168 g/mol. The van der Waals surface area contributed by atoms with Crippen LogP contribution in [0.1, 0.15) is 13.3 Å². The molecule has 1 aromatic rings. The summed E-state index contributed by atoms with van der Waals surface area (Å²) in [5, 5.41) is 2.87. The molecule has 7 N–H and O–H groups in total. The summed E-state index contributed by atoms with van der Waals surface area (Å²) in [5.74, 6) is 1.03. The smallest absolute Gasteiger partial charge is 0.227 e. The van der Waals surface area contributed by atoms with E-state index in [0.717, 1.165) is 6.42 Å². The predicted octanol–water partition coefficient (Wildman–Crippen LogP) is -0.252. The zero-order valence-corrected chi connectivity index (χ0v) is 7.49.